The molecule has 0 unspecified atom stereocenters. The van der Waals surface area contributed by atoms with Crippen molar-refractivity contribution in [3.8, 4) is 0 Å². The van der Waals surface area contributed by atoms with Crippen molar-refractivity contribution < 1.29 is 4.79 Å². The fraction of sp³-hybridized carbons (Fsp3) is 0.133. The number of hydrogen-bond donors (Lipinski definition) is 1. The third-order valence-electron chi connectivity index (χ3n) is 3.17. The Morgan fingerprint density at radius 3 is 2.67 bits per heavy atom. The lowest BCUT2D eigenvalue weighted by molar-refractivity contribution is 0.102. The van der Waals surface area contributed by atoms with E-state index in [2.05, 4.69) is 10.3 Å². The van der Waals surface area contributed by atoms with Crippen LogP contribution < -0.4 is 10.9 Å². The van der Waals surface area contributed by atoms with Gasteiger partial charge in [0, 0.05) is 29.4 Å². The minimum atomic E-state index is -0.267. The molecule has 0 aliphatic carbocycles. The van der Waals surface area contributed by atoms with Gasteiger partial charge in [0.2, 0.25) is 0 Å². The van der Waals surface area contributed by atoms with Crippen molar-refractivity contribution in [1.29, 1.82) is 0 Å². The first kappa shape index (κ1) is 13.5. The molecule has 2 heterocycles. The standard InChI is InChI=1S/C15H13N3O2S/c1-9-8-21-15(16-9)17-13(19)12-7-18(2)14(20)11-6-4-3-5-10(11)12/h3-8H,1-2H3,(H,16,17,19). The zero-order valence-electron chi connectivity index (χ0n) is 11.6. The van der Waals surface area contributed by atoms with Crippen LogP contribution >= 0.6 is 11.3 Å². The Kier molecular flexibility index (Phi) is 3.31. The summed E-state index contributed by atoms with van der Waals surface area (Å²) in [6.07, 6.45) is 1.56. The second-order valence-electron chi connectivity index (χ2n) is 4.75. The SMILES string of the molecule is Cc1csc(NC(=O)c2cn(C)c(=O)c3ccccc23)n1. The number of amides is 1. The monoisotopic (exact) mass is 299 g/mol. The molecule has 1 N–H and O–H groups in total. The van der Waals surface area contributed by atoms with Crippen molar-refractivity contribution >= 4 is 33.1 Å². The summed E-state index contributed by atoms with van der Waals surface area (Å²) in [4.78, 5) is 28.7. The summed E-state index contributed by atoms with van der Waals surface area (Å²) < 4.78 is 1.42. The van der Waals surface area contributed by atoms with Crippen LogP contribution in [0.4, 0.5) is 5.13 Å². The molecular formula is C15H13N3O2S. The number of aryl methyl sites for hydroxylation is 2. The second kappa shape index (κ2) is 5.14. The van der Waals surface area contributed by atoms with E-state index < -0.39 is 0 Å². The molecule has 5 nitrogen and oxygen atoms in total. The van der Waals surface area contributed by atoms with Crippen LogP contribution in [0.2, 0.25) is 0 Å². The number of carbonyl (C=O) groups excluding carboxylic acids is 1. The average Bonchev–Trinajstić information content (AvgIpc) is 2.88. The molecule has 0 bridgehead atoms. The maximum absolute atomic E-state index is 12.4. The lowest BCUT2D eigenvalue weighted by Crippen LogP contribution is -2.21. The average molecular weight is 299 g/mol. The molecule has 2 aromatic heterocycles. The first-order valence-electron chi connectivity index (χ1n) is 6.38. The minimum Gasteiger partial charge on any atom is -0.317 e. The summed E-state index contributed by atoms with van der Waals surface area (Å²) in [7, 11) is 1.64. The van der Waals surface area contributed by atoms with E-state index in [0.29, 0.717) is 21.5 Å². The largest absolute Gasteiger partial charge is 0.317 e. The van der Waals surface area contributed by atoms with Gasteiger partial charge in [-0.05, 0) is 13.0 Å². The lowest BCUT2D eigenvalue weighted by atomic mass is 10.1. The smallest absolute Gasteiger partial charge is 0.259 e. The predicted molar refractivity (Wildman–Crippen MR) is 84.0 cm³/mol. The number of benzene rings is 1. The number of carbonyl (C=O) groups is 1. The minimum absolute atomic E-state index is 0.118. The van der Waals surface area contributed by atoms with Crippen molar-refractivity contribution in [3.05, 3.63) is 57.5 Å². The van der Waals surface area contributed by atoms with Gasteiger partial charge in [-0.2, -0.15) is 0 Å². The highest BCUT2D eigenvalue weighted by molar-refractivity contribution is 7.13. The van der Waals surface area contributed by atoms with Crippen molar-refractivity contribution in [3.63, 3.8) is 0 Å². The van der Waals surface area contributed by atoms with Gasteiger partial charge in [-0.15, -0.1) is 11.3 Å². The fourth-order valence-corrected chi connectivity index (χ4v) is 2.86. The maximum Gasteiger partial charge on any atom is 0.259 e. The number of fused-ring (bicyclic) bond motifs is 1. The molecule has 3 rings (SSSR count). The van der Waals surface area contributed by atoms with Gasteiger partial charge in [0.1, 0.15) is 0 Å². The normalized spacial score (nSPS) is 10.8. The van der Waals surface area contributed by atoms with Crippen LogP contribution in [0, 0.1) is 6.92 Å². The van der Waals surface area contributed by atoms with E-state index >= 15 is 0 Å². The molecule has 1 amide bonds. The van der Waals surface area contributed by atoms with Gasteiger partial charge >= 0.3 is 0 Å². The van der Waals surface area contributed by atoms with Crippen LogP contribution in [0.1, 0.15) is 16.1 Å². The second-order valence-corrected chi connectivity index (χ2v) is 5.61. The third kappa shape index (κ3) is 2.45. The van der Waals surface area contributed by atoms with E-state index in [4.69, 9.17) is 0 Å². The van der Waals surface area contributed by atoms with Gasteiger partial charge in [0.05, 0.1) is 11.3 Å². The molecule has 0 saturated carbocycles. The van der Waals surface area contributed by atoms with Crippen molar-refractivity contribution in [2.75, 3.05) is 5.32 Å². The van der Waals surface area contributed by atoms with E-state index in [9.17, 15) is 9.59 Å². The Morgan fingerprint density at radius 1 is 1.29 bits per heavy atom. The molecule has 0 fully saturated rings. The Morgan fingerprint density at radius 2 is 2.00 bits per heavy atom. The Labute approximate surface area is 124 Å². The summed E-state index contributed by atoms with van der Waals surface area (Å²) in [5.41, 5.74) is 1.20. The topological polar surface area (TPSA) is 64.0 Å². The summed E-state index contributed by atoms with van der Waals surface area (Å²) in [6, 6.07) is 7.10. The van der Waals surface area contributed by atoms with Gasteiger partial charge in [0.25, 0.3) is 11.5 Å². The molecule has 6 heteroatoms. The van der Waals surface area contributed by atoms with Crippen LogP contribution in [0.3, 0.4) is 0 Å². The number of thiazole rings is 1. The predicted octanol–water partition coefficient (Wildman–Crippen LogP) is 2.56. The number of nitrogens with one attached hydrogen (secondary N) is 1. The van der Waals surface area contributed by atoms with Gasteiger partial charge in [-0.3, -0.25) is 14.9 Å². The Hall–Kier alpha value is -2.47. The van der Waals surface area contributed by atoms with Gasteiger partial charge in [-0.25, -0.2) is 4.98 Å². The van der Waals surface area contributed by atoms with Gasteiger partial charge in [-0.1, -0.05) is 18.2 Å². The molecule has 0 aliphatic rings. The van der Waals surface area contributed by atoms with Crippen LogP contribution in [0.15, 0.2) is 40.6 Å². The fourth-order valence-electron chi connectivity index (χ4n) is 2.17. The van der Waals surface area contributed by atoms with Gasteiger partial charge in [0.15, 0.2) is 5.13 Å². The van der Waals surface area contributed by atoms with Crippen molar-refractivity contribution in [2.45, 2.75) is 6.92 Å². The van der Waals surface area contributed by atoms with Crippen molar-refractivity contribution in [2.24, 2.45) is 7.05 Å². The van der Waals surface area contributed by atoms with E-state index in [1.54, 1.807) is 31.4 Å². The van der Waals surface area contributed by atoms with Crippen molar-refractivity contribution in [1.82, 2.24) is 9.55 Å². The first-order valence-corrected chi connectivity index (χ1v) is 7.26. The van der Waals surface area contributed by atoms with Crippen LogP contribution in [0.5, 0.6) is 0 Å². The quantitative estimate of drug-likeness (QED) is 0.791. The first-order chi connectivity index (χ1) is 10.1. The molecular weight excluding hydrogens is 286 g/mol. The van der Waals surface area contributed by atoms with E-state index in [1.807, 2.05) is 18.4 Å². The lowest BCUT2D eigenvalue weighted by Gasteiger charge is -2.08. The van der Waals surface area contributed by atoms with Crippen LogP contribution in [0.25, 0.3) is 10.8 Å². The molecule has 0 spiro atoms. The molecule has 3 aromatic rings. The molecule has 0 saturated heterocycles. The van der Waals surface area contributed by atoms with E-state index in [0.717, 1.165) is 5.69 Å². The molecule has 0 atom stereocenters. The molecule has 106 valence electrons. The summed E-state index contributed by atoms with van der Waals surface area (Å²) in [6.45, 7) is 1.87. The number of pyridine rings is 1. The molecule has 0 radical (unpaired) electrons. The molecule has 1 aromatic carbocycles. The number of rotatable bonds is 2. The van der Waals surface area contributed by atoms with Gasteiger partial charge < -0.3 is 4.57 Å². The number of aromatic nitrogens is 2. The number of anilines is 1. The Balaban J connectivity index is 2.09. The van der Waals surface area contributed by atoms with Crippen LogP contribution in [-0.4, -0.2) is 15.5 Å². The van der Waals surface area contributed by atoms with E-state index in [-0.39, 0.29) is 11.5 Å². The number of hydrogen-bond acceptors (Lipinski definition) is 4. The van der Waals surface area contributed by atoms with Crippen LogP contribution in [-0.2, 0) is 7.05 Å². The highest BCUT2D eigenvalue weighted by Gasteiger charge is 2.14. The molecule has 21 heavy (non-hydrogen) atoms. The maximum atomic E-state index is 12.4. The Bertz CT molecular complexity index is 895. The summed E-state index contributed by atoms with van der Waals surface area (Å²) >= 11 is 1.37. The summed E-state index contributed by atoms with van der Waals surface area (Å²) in [5, 5.41) is 6.37. The highest BCUT2D eigenvalue weighted by Crippen LogP contribution is 2.19. The zero-order chi connectivity index (χ0) is 15.0. The van der Waals surface area contributed by atoms with E-state index in [1.165, 1.54) is 15.9 Å². The third-order valence-corrected chi connectivity index (χ3v) is 4.05. The highest BCUT2D eigenvalue weighted by atomic mass is 32.1. The summed E-state index contributed by atoms with van der Waals surface area (Å²) in [5.74, 6) is -0.267. The zero-order valence-corrected chi connectivity index (χ0v) is 12.4. The molecule has 0 aliphatic heterocycles. The number of nitrogens with zero attached hydrogens (tertiary/aromatic N) is 2.